The van der Waals surface area contributed by atoms with Gasteiger partial charge in [-0.25, -0.2) is 0 Å². The zero-order valence-electron chi connectivity index (χ0n) is 11.5. The molecule has 4 heteroatoms. The van der Waals surface area contributed by atoms with Crippen LogP contribution in [0.25, 0.3) is 0 Å². The predicted molar refractivity (Wildman–Crippen MR) is 74.3 cm³/mol. The Morgan fingerprint density at radius 3 is 2.74 bits per heavy atom. The molecule has 1 heterocycles. The molecule has 0 aromatic heterocycles. The largest absolute Gasteiger partial charge is 0.366 e. The molecule has 1 aliphatic heterocycles. The van der Waals surface area contributed by atoms with Gasteiger partial charge in [-0.2, -0.15) is 0 Å². The van der Waals surface area contributed by atoms with Crippen LogP contribution in [-0.2, 0) is 0 Å². The minimum absolute atomic E-state index is 0.0214. The first-order valence-electron chi connectivity index (χ1n) is 6.73. The smallest absolute Gasteiger partial charge is 0.249 e. The number of benzene rings is 1. The minimum atomic E-state index is -0.534. The van der Waals surface area contributed by atoms with Crippen molar-refractivity contribution in [2.24, 2.45) is 5.73 Å². The number of rotatable bonds is 4. The van der Waals surface area contributed by atoms with Crippen molar-refractivity contribution in [1.29, 1.82) is 0 Å². The summed E-state index contributed by atoms with van der Waals surface area (Å²) in [6.07, 6.45) is 1.89. The van der Waals surface area contributed by atoms with Crippen molar-refractivity contribution >= 4 is 11.7 Å². The Labute approximate surface area is 113 Å². The van der Waals surface area contributed by atoms with E-state index in [0.717, 1.165) is 31.5 Å². The van der Waals surface area contributed by atoms with E-state index in [1.165, 1.54) is 0 Å². The average molecular weight is 260 g/mol. The molecular formula is C15H20N2O2. The highest BCUT2D eigenvalue weighted by Crippen LogP contribution is 2.23. The van der Waals surface area contributed by atoms with Gasteiger partial charge in [-0.1, -0.05) is 24.6 Å². The maximum Gasteiger partial charge on any atom is 0.249 e. The summed E-state index contributed by atoms with van der Waals surface area (Å²) >= 11 is 0. The number of likely N-dealkylation sites (tertiary alicyclic amines) is 1. The van der Waals surface area contributed by atoms with Crippen LogP contribution in [0, 0.1) is 6.92 Å². The highest BCUT2D eigenvalue weighted by Gasteiger charge is 2.31. The van der Waals surface area contributed by atoms with Gasteiger partial charge in [0.05, 0.1) is 11.6 Å². The summed E-state index contributed by atoms with van der Waals surface area (Å²) in [7, 11) is 0. The van der Waals surface area contributed by atoms with E-state index in [1.807, 2.05) is 13.0 Å². The van der Waals surface area contributed by atoms with Crippen molar-refractivity contribution < 1.29 is 9.59 Å². The molecule has 0 bridgehead atoms. The van der Waals surface area contributed by atoms with Crippen molar-refractivity contribution in [3.8, 4) is 0 Å². The summed E-state index contributed by atoms with van der Waals surface area (Å²) < 4.78 is 0. The monoisotopic (exact) mass is 260 g/mol. The predicted octanol–water partition coefficient (Wildman–Crippen LogP) is 1.76. The maximum absolute atomic E-state index is 12.6. The summed E-state index contributed by atoms with van der Waals surface area (Å²) in [5.41, 5.74) is 7.12. The summed E-state index contributed by atoms with van der Waals surface area (Å²) in [4.78, 5) is 26.3. The molecule has 0 unspecified atom stereocenters. The number of nitrogens with two attached hydrogens (primary N) is 1. The third kappa shape index (κ3) is 2.68. The molecule has 1 atom stereocenters. The Balaban J connectivity index is 2.36. The SMILES string of the molecule is CCN1CCC[C@@H]1C(=O)c1ccc(C)cc1C(N)=O. The summed E-state index contributed by atoms with van der Waals surface area (Å²) in [6, 6.07) is 5.17. The summed E-state index contributed by atoms with van der Waals surface area (Å²) in [5.74, 6) is -0.513. The van der Waals surface area contributed by atoms with Crippen LogP contribution >= 0.6 is 0 Å². The van der Waals surface area contributed by atoms with Crippen molar-refractivity contribution in [3.05, 3.63) is 34.9 Å². The average Bonchev–Trinajstić information content (AvgIpc) is 2.86. The molecule has 0 aliphatic carbocycles. The van der Waals surface area contributed by atoms with Crippen LogP contribution in [-0.4, -0.2) is 35.7 Å². The first kappa shape index (κ1) is 13.7. The number of likely N-dealkylation sites (N-methyl/N-ethyl adjacent to an activating group) is 1. The fourth-order valence-electron chi connectivity index (χ4n) is 2.76. The molecule has 1 aliphatic rings. The van der Waals surface area contributed by atoms with Crippen molar-refractivity contribution in [3.63, 3.8) is 0 Å². The van der Waals surface area contributed by atoms with E-state index in [-0.39, 0.29) is 11.8 Å². The minimum Gasteiger partial charge on any atom is -0.366 e. The van der Waals surface area contributed by atoms with Gasteiger partial charge in [0.2, 0.25) is 5.91 Å². The third-order valence-electron chi connectivity index (χ3n) is 3.78. The molecule has 2 N–H and O–H groups in total. The van der Waals surface area contributed by atoms with Crippen molar-refractivity contribution in [2.75, 3.05) is 13.1 Å². The molecule has 102 valence electrons. The molecule has 1 saturated heterocycles. The van der Waals surface area contributed by atoms with Crippen LogP contribution in [0.2, 0.25) is 0 Å². The van der Waals surface area contributed by atoms with Gasteiger partial charge in [0.1, 0.15) is 0 Å². The fourth-order valence-corrected chi connectivity index (χ4v) is 2.76. The molecule has 0 spiro atoms. The van der Waals surface area contributed by atoms with Crippen LogP contribution in [0.3, 0.4) is 0 Å². The van der Waals surface area contributed by atoms with E-state index in [9.17, 15) is 9.59 Å². The second-order valence-electron chi connectivity index (χ2n) is 5.06. The number of carbonyl (C=O) groups excluding carboxylic acids is 2. The van der Waals surface area contributed by atoms with Gasteiger partial charge < -0.3 is 5.73 Å². The molecule has 4 nitrogen and oxygen atoms in total. The van der Waals surface area contributed by atoms with Gasteiger partial charge >= 0.3 is 0 Å². The number of Topliss-reactive ketones (excluding diaryl/α,β-unsaturated/α-hetero) is 1. The lowest BCUT2D eigenvalue weighted by Gasteiger charge is -2.22. The van der Waals surface area contributed by atoms with Gasteiger partial charge in [-0.3, -0.25) is 14.5 Å². The lowest BCUT2D eigenvalue weighted by atomic mass is 9.95. The Kier molecular flexibility index (Phi) is 4.00. The van der Waals surface area contributed by atoms with Gasteiger partial charge in [0.25, 0.3) is 0 Å². The van der Waals surface area contributed by atoms with Gasteiger partial charge in [0, 0.05) is 5.56 Å². The number of hydrogen-bond donors (Lipinski definition) is 1. The van der Waals surface area contributed by atoms with Gasteiger partial charge in [-0.05, 0) is 38.9 Å². The Morgan fingerprint density at radius 2 is 2.11 bits per heavy atom. The topological polar surface area (TPSA) is 63.4 Å². The molecular weight excluding hydrogens is 240 g/mol. The number of carbonyl (C=O) groups is 2. The van der Waals surface area contributed by atoms with Crippen LogP contribution in [0.4, 0.5) is 0 Å². The molecule has 19 heavy (non-hydrogen) atoms. The molecule has 0 radical (unpaired) electrons. The Bertz CT molecular complexity index is 511. The standard InChI is InChI=1S/C15H20N2O2/c1-3-17-8-4-5-13(17)14(18)11-7-6-10(2)9-12(11)15(16)19/h6-7,9,13H,3-5,8H2,1-2H3,(H2,16,19)/t13-/m1/s1. The fraction of sp³-hybridized carbons (Fsp3) is 0.467. The first-order chi connectivity index (χ1) is 9.04. The quantitative estimate of drug-likeness (QED) is 0.839. The molecule has 0 saturated carbocycles. The second-order valence-corrected chi connectivity index (χ2v) is 5.06. The number of aryl methyl sites for hydroxylation is 1. The number of primary amides is 1. The Hall–Kier alpha value is -1.68. The van der Waals surface area contributed by atoms with E-state index < -0.39 is 5.91 Å². The maximum atomic E-state index is 12.6. The highest BCUT2D eigenvalue weighted by molar-refractivity contribution is 6.09. The van der Waals surface area contributed by atoms with Crippen LogP contribution < -0.4 is 5.73 Å². The first-order valence-corrected chi connectivity index (χ1v) is 6.73. The second kappa shape index (κ2) is 5.53. The van der Waals surface area contributed by atoms with E-state index in [4.69, 9.17) is 5.73 Å². The lowest BCUT2D eigenvalue weighted by molar-refractivity contribution is 0.0865. The number of ketones is 1. The van der Waals surface area contributed by atoms with Crippen molar-refractivity contribution in [1.82, 2.24) is 4.90 Å². The number of hydrogen-bond acceptors (Lipinski definition) is 3. The number of nitrogens with zero attached hydrogens (tertiary/aromatic N) is 1. The Morgan fingerprint density at radius 1 is 1.37 bits per heavy atom. The molecule has 1 fully saturated rings. The van der Waals surface area contributed by atoms with Crippen LogP contribution in [0.1, 0.15) is 46.0 Å². The third-order valence-corrected chi connectivity index (χ3v) is 3.78. The van der Waals surface area contributed by atoms with E-state index in [1.54, 1.807) is 12.1 Å². The normalized spacial score (nSPS) is 19.6. The number of amides is 1. The van der Waals surface area contributed by atoms with Gasteiger partial charge in [-0.15, -0.1) is 0 Å². The van der Waals surface area contributed by atoms with Crippen LogP contribution in [0.5, 0.6) is 0 Å². The molecule has 1 aromatic rings. The summed E-state index contributed by atoms with van der Waals surface area (Å²) in [6.45, 7) is 5.74. The van der Waals surface area contributed by atoms with Crippen molar-refractivity contribution in [2.45, 2.75) is 32.7 Å². The zero-order valence-corrected chi connectivity index (χ0v) is 11.5. The molecule has 2 rings (SSSR count). The van der Waals surface area contributed by atoms with E-state index in [2.05, 4.69) is 11.8 Å². The van der Waals surface area contributed by atoms with Gasteiger partial charge in [0.15, 0.2) is 5.78 Å². The molecule has 1 amide bonds. The van der Waals surface area contributed by atoms with E-state index >= 15 is 0 Å². The van der Waals surface area contributed by atoms with Crippen LogP contribution in [0.15, 0.2) is 18.2 Å². The lowest BCUT2D eigenvalue weighted by Crippen LogP contribution is -2.36. The zero-order chi connectivity index (χ0) is 14.0. The summed E-state index contributed by atoms with van der Waals surface area (Å²) in [5, 5.41) is 0. The van der Waals surface area contributed by atoms with E-state index in [0.29, 0.717) is 11.1 Å². The molecule has 1 aromatic carbocycles. The highest BCUT2D eigenvalue weighted by atomic mass is 16.1.